The molecule has 0 aliphatic carbocycles. The van der Waals surface area contributed by atoms with Gasteiger partial charge in [0.15, 0.2) is 5.03 Å². The lowest BCUT2D eigenvalue weighted by molar-refractivity contribution is 0.592. The first-order chi connectivity index (χ1) is 9.58. The van der Waals surface area contributed by atoms with E-state index in [1.165, 1.54) is 17.5 Å². The van der Waals surface area contributed by atoms with Gasteiger partial charge in [-0.25, -0.2) is 13.4 Å². The number of hydrogen-bond donors (Lipinski definition) is 1. The van der Waals surface area contributed by atoms with Crippen molar-refractivity contribution in [2.45, 2.75) is 10.8 Å². The molecule has 0 saturated heterocycles. The van der Waals surface area contributed by atoms with Gasteiger partial charge >= 0.3 is 0 Å². The van der Waals surface area contributed by atoms with E-state index in [1.807, 2.05) is 29.6 Å². The van der Waals surface area contributed by atoms with E-state index < -0.39 is 9.84 Å². The number of fused-ring (bicyclic) bond motifs is 1. The number of hydrogen-bond acceptors (Lipinski definition) is 5. The van der Waals surface area contributed by atoms with Gasteiger partial charge in [0.05, 0.1) is 11.4 Å². The topological polar surface area (TPSA) is 73.0 Å². The van der Waals surface area contributed by atoms with Gasteiger partial charge in [0.2, 0.25) is 9.84 Å². The van der Waals surface area contributed by atoms with Crippen LogP contribution >= 0.6 is 11.3 Å². The molecule has 0 atom stereocenters. The minimum Gasteiger partial charge on any atom is -0.396 e. The molecule has 0 fully saturated rings. The van der Waals surface area contributed by atoms with Crippen LogP contribution in [-0.4, -0.2) is 13.4 Å². The second-order valence-corrected chi connectivity index (χ2v) is 7.23. The average molecular weight is 304 g/mol. The van der Waals surface area contributed by atoms with E-state index in [1.54, 1.807) is 12.1 Å². The van der Waals surface area contributed by atoms with Gasteiger partial charge in [0.1, 0.15) is 0 Å². The number of nitrogens with two attached hydrogens (primary N) is 1. The highest BCUT2D eigenvalue weighted by atomic mass is 32.2. The molecule has 0 aliphatic heterocycles. The van der Waals surface area contributed by atoms with Crippen molar-refractivity contribution in [2.24, 2.45) is 0 Å². The molecule has 3 rings (SSSR count). The average Bonchev–Trinajstić information content (AvgIpc) is 2.82. The Morgan fingerprint density at radius 3 is 2.75 bits per heavy atom. The minimum absolute atomic E-state index is 0.0460. The number of rotatable bonds is 3. The Kier molecular flexibility index (Phi) is 3.19. The van der Waals surface area contributed by atoms with Crippen LogP contribution in [0.4, 0.5) is 5.69 Å². The molecule has 2 heterocycles. The molecular formula is C14H12N2O2S2. The Labute approximate surface area is 120 Å². The van der Waals surface area contributed by atoms with E-state index in [9.17, 15) is 8.42 Å². The highest BCUT2D eigenvalue weighted by molar-refractivity contribution is 7.90. The number of nitrogens with zero attached hydrogens (tertiary/aromatic N) is 1. The lowest BCUT2D eigenvalue weighted by Gasteiger charge is -2.05. The number of pyridine rings is 1. The normalized spacial score (nSPS) is 11.8. The standard InChI is InChI=1S/C14H12N2O2S2/c15-12-5-3-7-16-14(12)20(17,18)9-10-8-19-13-6-2-1-4-11(10)13/h1-8H,9,15H2. The molecule has 20 heavy (non-hydrogen) atoms. The van der Waals surface area contributed by atoms with Gasteiger partial charge in [0, 0.05) is 10.9 Å². The summed E-state index contributed by atoms with van der Waals surface area (Å²) in [6, 6.07) is 10.9. The molecule has 0 unspecified atom stereocenters. The van der Waals surface area contributed by atoms with Crippen LogP contribution in [0.1, 0.15) is 5.56 Å². The van der Waals surface area contributed by atoms with Crippen molar-refractivity contribution >= 4 is 36.9 Å². The van der Waals surface area contributed by atoms with Crippen molar-refractivity contribution in [1.82, 2.24) is 4.98 Å². The van der Waals surface area contributed by atoms with Crippen molar-refractivity contribution in [1.29, 1.82) is 0 Å². The first-order valence-electron chi connectivity index (χ1n) is 5.96. The van der Waals surface area contributed by atoms with E-state index in [0.29, 0.717) is 0 Å². The molecule has 2 N–H and O–H groups in total. The molecule has 0 aliphatic rings. The molecule has 102 valence electrons. The third kappa shape index (κ3) is 2.28. The van der Waals surface area contributed by atoms with Crippen molar-refractivity contribution < 1.29 is 8.42 Å². The first kappa shape index (κ1) is 13.1. The predicted molar refractivity (Wildman–Crippen MR) is 81.4 cm³/mol. The summed E-state index contributed by atoms with van der Waals surface area (Å²) in [5.41, 5.74) is 6.68. The predicted octanol–water partition coefficient (Wildman–Crippen LogP) is 2.85. The fourth-order valence-electron chi connectivity index (χ4n) is 2.08. The van der Waals surface area contributed by atoms with E-state index in [-0.39, 0.29) is 16.5 Å². The maximum absolute atomic E-state index is 12.4. The highest BCUT2D eigenvalue weighted by Gasteiger charge is 2.21. The van der Waals surface area contributed by atoms with E-state index in [0.717, 1.165) is 15.6 Å². The second kappa shape index (κ2) is 4.88. The largest absolute Gasteiger partial charge is 0.396 e. The molecule has 0 amide bonds. The molecule has 0 radical (unpaired) electrons. The van der Waals surface area contributed by atoms with Gasteiger partial charge < -0.3 is 5.73 Å². The Balaban J connectivity index is 2.04. The maximum Gasteiger partial charge on any atom is 0.201 e. The van der Waals surface area contributed by atoms with Crippen LogP contribution in [0.25, 0.3) is 10.1 Å². The highest BCUT2D eigenvalue weighted by Crippen LogP contribution is 2.29. The minimum atomic E-state index is -3.53. The number of nitrogen functional groups attached to an aromatic ring is 1. The van der Waals surface area contributed by atoms with Crippen LogP contribution in [-0.2, 0) is 15.6 Å². The van der Waals surface area contributed by atoms with Crippen LogP contribution in [0, 0.1) is 0 Å². The summed E-state index contributed by atoms with van der Waals surface area (Å²) in [4.78, 5) is 3.90. The van der Waals surface area contributed by atoms with Crippen LogP contribution in [0.5, 0.6) is 0 Å². The molecule has 1 aromatic carbocycles. The van der Waals surface area contributed by atoms with Gasteiger partial charge in [-0.1, -0.05) is 18.2 Å². The summed E-state index contributed by atoms with van der Waals surface area (Å²) in [5, 5.41) is 2.80. The number of thiophene rings is 1. The third-order valence-corrected chi connectivity index (χ3v) is 5.64. The molecular weight excluding hydrogens is 292 g/mol. The summed E-state index contributed by atoms with van der Waals surface area (Å²) in [6.45, 7) is 0. The van der Waals surface area contributed by atoms with Crippen molar-refractivity contribution in [2.75, 3.05) is 5.73 Å². The molecule has 0 saturated carbocycles. The number of aromatic nitrogens is 1. The number of anilines is 1. The quantitative estimate of drug-likeness (QED) is 0.807. The Morgan fingerprint density at radius 2 is 1.95 bits per heavy atom. The van der Waals surface area contributed by atoms with E-state index in [2.05, 4.69) is 4.98 Å². The number of sulfone groups is 1. The molecule has 3 aromatic rings. The van der Waals surface area contributed by atoms with Crippen LogP contribution in [0.2, 0.25) is 0 Å². The molecule has 0 spiro atoms. The Hall–Kier alpha value is -1.92. The first-order valence-corrected chi connectivity index (χ1v) is 8.49. The van der Waals surface area contributed by atoms with Gasteiger partial charge in [-0.2, -0.15) is 0 Å². The van der Waals surface area contributed by atoms with E-state index >= 15 is 0 Å². The lowest BCUT2D eigenvalue weighted by Crippen LogP contribution is -2.09. The smallest absolute Gasteiger partial charge is 0.201 e. The molecule has 2 aromatic heterocycles. The Bertz CT molecular complexity index is 870. The monoisotopic (exact) mass is 304 g/mol. The summed E-state index contributed by atoms with van der Waals surface area (Å²) in [5.74, 6) is -0.0851. The van der Waals surface area contributed by atoms with Crippen molar-refractivity contribution in [3.63, 3.8) is 0 Å². The third-order valence-electron chi connectivity index (χ3n) is 3.00. The summed E-state index contributed by atoms with van der Waals surface area (Å²) in [7, 11) is -3.53. The van der Waals surface area contributed by atoms with Crippen LogP contribution in [0.3, 0.4) is 0 Å². The zero-order valence-electron chi connectivity index (χ0n) is 10.5. The summed E-state index contributed by atoms with van der Waals surface area (Å²) >= 11 is 1.54. The molecule has 4 nitrogen and oxygen atoms in total. The van der Waals surface area contributed by atoms with Gasteiger partial charge in [-0.15, -0.1) is 11.3 Å². The van der Waals surface area contributed by atoms with Crippen LogP contribution in [0.15, 0.2) is 53.0 Å². The summed E-state index contributed by atoms with van der Waals surface area (Å²) in [6.07, 6.45) is 1.44. The Morgan fingerprint density at radius 1 is 1.15 bits per heavy atom. The van der Waals surface area contributed by atoms with Gasteiger partial charge in [-0.05, 0) is 34.5 Å². The second-order valence-electron chi connectivity index (χ2n) is 4.41. The molecule has 0 bridgehead atoms. The summed E-state index contributed by atoms with van der Waals surface area (Å²) < 4.78 is 25.9. The van der Waals surface area contributed by atoms with Crippen molar-refractivity contribution in [3.8, 4) is 0 Å². The van der Waals surface area contributed by atoms with E-state index in [4.69, 9.17) is 5.73 Å². The van der Waals surface area contributed by atoms with Crippen molar-refractivity contribution in [3.05, 3.63) is 53.5 Å². The van der Waals surface area contributed by atoms with Crippen LogP contribution < -0.4 is 5.73 Å². The number of benzene rings is 1. The fraction of sp³-hybridized carbons (Fsp3) is 0.0714. The van der Waals surface area contributed by atoms with Gasteiger partial charge in [-0.3, -0.25) is 0 Å². The molecule has 6 heteroatoms. The maximum atomic E-state index is 12.4. The fourth-order valence-corrected chi connectivity index (χ4v) is 4.58. The zero-order chi connectivity index (χ0) is 14.2. The lowest BCUT2D eigenvalue weighted by atomic mass is 10.2. The SMILES string of the molecule is Nc1cccnc1S(=O)(=O)Cc1csc2ccccc12. The zero-order valence-corrected chi connectivity index (χ0v) is 12.1. The van der Waals surface area contributed by atoms with Gasteiger partial charge in [0.25, 0.3) is 0 Å².